The Kier molecular flexibility index (Phi) is 3.48. The molecule has 0 saturated heterocycles. The number of alkyl halides is 3. The molecule has 0 radical (unpaired) electrons. The fourth-order valence-corrected chi connectivity index (χ4v) is 3.19. The predicted octanol–water partition coefficient (Wildman–Crippen LogP) is 3.16. The molecule has 0 aliphatic carbocycles. The van der Waals surface area contributed by atoms with E-state index in [0.29, 0.717) is 18.9 Å². The molecule has 112 valence electrons. The highest BCUT2D eigenvalue weighted by molar-refractivity contribution is 7.10. The zero-order valence-corrected chi connectivity index (χ0v) is 12.1. The van der Waals surface area contributed by atoms with Crippen LogP contribution in [0, 0.1) is 0 Å². The Balaban J connectivity index is 1.95. The predicted molar refractivity (Wildman–Crippen MR) is 75.7 cm³/mol. The standard InChI is InChI=1S/C13H13F3N4S/c1-17-12-18-10(13(14,15)16)6-11(19-12)20-4-2-9-8(7-20)3-5-21-9/h3,5-6H,2,4,7H2,1H3,(H,17,18,19). The van der Waals surface area contributed by atoms with Crippen LogP contribution < -0.4 is 10.2 Å². The maximum atomic E-state index is 12.9. The van der Waals surface area contributed by atoms with Gasteiger partial charge in [-0.3, -0.25) is 0 Å². The van der Waals surface area contributed by atoms with Gasteiger partial charge in [-0.1, -0.05) is 0 Å². The molecule has 0 bridgehead atoms. The molecule has 1 N–H and O–H groups in total. The maximum absolute atomic E-state index is 12.9. The topological polar surface area (TPSA) is 41.1 Å². The van der Waals surface area contributed by atoms with E-state index in [2.05, 4.69) is 15.3 Å². The van der Waals surface area contributed by atoms with Gasteiger partial charge in [-0.2, -0.15) is 18.2 Å². The van der Waals surface area contributed by atoms with E-state index in [0.717, 1.165) is 18.1 Å². The lowest BCUT2D eigenvalue weighted by Crippen LogP contribution is -2.30. The molecule has 0 aromatic carbocycles. The number of nitrogens with zero attached hydrogens (tertiary/aromatic N) is 3. The summed E-state index contributed by atoms with van der Waals surface area (Å²) >= 11 is 1.69. The minimum atomic E-state index is -4.48. The molecule has 0 unspecified atom stereocenters. The molecule has 21 heavy (non-hydrogen) atoms. The summed E-state index contributed by atoms with van der Waals surface area (Å²) in [4.78, 5) is 10.8. The van der Waals surface area contributed by atoms with Crippen molar-refractivity contribution >= 4 is 23.1 Å². The first-order chi connectivity index (χ1) is 9.97. The molecule has 4 nitrogen and oxygen atoms in total. The van der Waals surface area contributed by atoms with Gasteiger partial charge in [0, 0.05) is 31.1 Å². The zero-order chi connectivity index (χ0) is 15.0. The number of halogens is 3. The molecule has 3 heterocycles. The van der Waals surface area contributed by atoms with Crippen LogP contribution in [0.5, 0.6) is 0 Å². The fourth-order valence-electron chi connectivity index (χ4n) is 2.30. The highest BCUT2D eigenvalue weighted by atomic mass is 32.1. The number of aromatic nitrogens is 2. The van der Waals surface area contributed by atoms with Gasteiger partial charge in [-0.15, -0.1) is 11.3 Å². The molecule has 0 atom stereocenters. The Morgan fingerprint density at radius 1 is 1.33 bits per heavy atom. The number of anilines is 2. The number of thiophene rings is 1. The van der Waals surface area contributed by atoms with Crippen LogP contribution in [0.3, 0.4) is 0 Å². The number of fused-ring (bicyclic) bond motifs is 1. The van der Waals surface area contributed by atoms with Crippen molar-refractivity contribution in [3.05, 3.63) is 33.6 Å². The highest BCUT2D eigenvalue weighted by Gasteiger charge is 2.34. The first kappa shape index (κ1) is 14.1. The van der Waals surface area contributed by atoms with E-state index in [1.807, 2.05) is 16.3 Å². The van der Waals surface area contributed by atoms with Crippen molar-refractivity contribution in [1.29, 1.82) is 0 Å². The van der Waals surface area contributed by atoms with Crippen molar-refractivity contribution in [2.45, 2.75) is 19.1 Å². The number of rotatable bonds is 2. The second-order valence-corrected chi connectivity index (χ2v) is 5.72. The normalized spacial score (nSPS) is 15.0. The average molecular weight is 314 g/mol. The molecule has 0 saturated carbocycles. The van der Waals surface area contributed by atoms with Crippen LogP contribution in [0.4, 0.5) is 24.9 Å². The minimum Gasteiger partial charge on any atom is -0.357 e. The van der Waals surface area contributed by atoms with Gasteiger partial charge in [0.15, 0.2) is 5.69 Å². The summed E-state index contributed by atoms with van der Waals surface area (Å²) in [7, 11) is 1.51. The van der Waals surface area contributed by atoms with Crippen molar-refractivity contribution in [3.63, 3.8) is 0 Å². The molecule has 2 aromatic heterocycles. The third-order valence-corrected chi connectivity index (χ3v) is 4.38. The Bertz CT molecular complexity index is 653. The third-order valence-electron chi connectivity index (χ3n) is 3.36. The molecule has 0 amide bonds. The quantitative estimate of drug-likeness (QED) is 0.924. The monoisotopic (exact) mass is 314 g/mol. The molecular formula is C13H13F3N4S. The molecule has 0 fully saturated rings. The molecule has 1 aliphatic heterocycles. The van der Waals surface area contributed by atoms with Crippen LogP contribution in [0.2, 0.25) is 0 Å². The number of hydrogen-bond donors (Lipinski definition) is 1. The number of hydrogen-bond acceptors (Lipinski definition) is 5. The van der Waals surface area contributed by atoms with Crippen LogP contribution in [0.15, 0.2) is 17.5 Å². The molecule has 8 heteroatoms. The van der Waals surface area contributed by atoms with Gasteiger partial charge in [0.2, 0.25) is 5.95 Å². The Hall–Kier alpha value is -1.83. The average Bonchev–Trinajstić information content (AvgIpc) is 2.93. The lowest BCUT2D eigenvalue weighted by molar-refractivity contribution is -0.141. The lowest BCUT2D eigenvalue weighted by Gasteiger charge is -2.28. The van der Waals surface area contributed by atoms with Crippen LogP contribution in [-0.2, 0) is 19.1 Å². The molecular weight excluding hydrogens is 301 g/mol. The second-order valence-electron chi connectivity index (χ2n) is 4.72. The Morgan fingerprint density at radius 2 is 2.14 bits per heavy atom. The molecule has 0 spiro atoms. The second kappa shape index (κ2) is 5.18. The highest BCUT2D eigenvalue weighted by Crippen LogP contribution is 2.32. The van der Waals surface area contributed by atoms with Crippen LogP contribution in [0.25, 0.3) is 0 Å². The van der Waals surface area contributed by atoms with Gasteiger partial charge in [-0.05, 0) is 23.4 Å². The summed E-state index contributed by atoms with van der Waals surface area (Å²) in [6, 6.07) is 3.02. The summed E-state index contributed by atoms with van der Waals surface area (Å²) in [5.41, 5.74) is 0.234. The Labute approximate surface area is 123 Å². The summed E-state index contributed by atoms with van der Waals surface area (Å²) in [6.07, 6.45) is -3.65. The smallest absolute Gasteiger partial charge is 0.357 e. The first-order valence-corrected chi connectivity index (χ1v) is 7.29. The van der Waals surface area contributed by atoms with E-state index in [1.165, 1.54) is 11.9 Å². The molecule has 2 aromatic rings. The van der Waals surface area contributed by atoms with E-state index in [1.54, 1.807) is 11.3 Å². The van der Waals surface area contributed by atoms with Gasteiger partial charge in [0.1, 0.15) is 5.82 Å². The largest absolute Gasteiger partial charge is 0.433 e. The van der Waals surface area contributed by atoms with E-state index >= 15 is 0 Å². The van der Waals surface area contributed by atoms with E-state index < -0.39 is 11.9 Å². The van der Waals surface area contributed by atoms with E-state index in [9.17, 15) is 13.2 Å². The molecule has 3 rings (SSSR count). The Morgan fingerprint density at radius 3 is 2.86 bits per heavy atom. The van der Waals surface area contributed by atoms with Gasteiger partial charge in [0.25, 0.3) is 0 Å². The lowest BCUT2D eigenvalue weighted by atomic mass is 10.1. The van der Waals surface area contributed by atoms with Gasteiger partial charge >= 0.3 is 6.18 Å². The van der Waals surface area contributed by atoms with Crippen LogP contribution in [-0.4, -0.2) is 23.6 Å². The summed E-state index contributed by atoms with van der Waals surface area (Å²) in [5.74, 6) is 0.287. The van der Waals surface area contributed by atoms with Gasteiger partial charge in [0.05, 0.1) is 0 Å². The summed E-state index contributed by atoms with van der Waals surface area (Å²) < 4.78 is 38.7. The van der Waals surface area contributed by atoms with Gasteiger partial charge < -0.3 is 10.2 Å². The van der Waals surface area contributed by atoms with E-state index in [4.69, 9.17) is 0 Å². The minimum absolute atomic E-state index is 0.0176. The van der Waals surface area contributed by atoms with E-state index in [-0.39, 0.29) is 5.95 Å². The van der Waals surface area contributed by atoms with Gasteiger partial charge in [-0.25, -0.2) is 4.98 Å². The third kappa shape index (κ3) is 2.80. The first-order valence-electron chi connectivity index (χ1n) is 6.41. The maximum Gasteiger partial charge on any atom is 0.433 e. The number of nitrogens with one attached hydrogen (secondary N) is 1. The fraction of sp³-hybridized carbons (Fsp3) is 0.385. The zero-order valence-electron chi connectivity index (χ0n) is 11.2. The van der Waals surface area contributed by atoms with Crippen LogP contribution in [0.1, 0.15) is 16.1 Å². The van der Waals surface area contributed by atoms with Crippen molar-refractivity contribution in [3.8, 4) is 0 Å². The van der Waals surface area contributed by atoms with Crippen molar-refractivity contribution < 1.29 is 13.2 Å². The van der Waals surface area contributed by atoms with Crippen molar-refractivity contribution in [2.75, 3.05) is 23.8 Å². The van der Waals surface area contributed by atoms with Crippen molar-refractivity contribution in [1.82, 2.24) is 9.97 Å². The summed E-state index contributed by atoms with van der Waals surface area (Å²) in [6.45, 7) is 1.24. The molecule has 1 aliphatic rings. The van der Waals surface area contributed by atoms with Crippen molar-refractivity contribution in [2.24, 2.45) is 0 Å². The SMILES string of the molecule is CNc1nc(N2CCc3sccc3C2)cc(C(F)(F)F)n1. The summed E-state index contributed by atoms with van der Waals surface area (Å²) in [5, 5.41) is 4.59. The van der Waals surface area contributed by atoms with Crippen LogP contribution >= 0.6 is 11.3 Å².